The van der Waals surface area contributed by atoms with Crippen LogP contribution in [0.5, 0.6) is 11.5 Å². The zero-order chi connectivity index (χ0) is 28.7. The summed E-state index contributed by atoms with van der Waals surface area (Å²) < 4.78 is 17.2. The Morgan fingerprint density at radius 1 is 1.02 bits per heavy atom. The van der Waals surface area contributed by atoms with Crippen molar-refractivity contribution >= 4 is 34.1 Å². The van der Waals surface area contributed by atoms with Crippen LogP contribution in [0.2, 0.25) is 0 Å². The van der Waals surface area contributed by atoms with Gasteiger partial charge in [-0.2, -0.15) is 0 Å². The summed E-state index contributed by atoms with van der Waals surface area (Å²) >= 11 is 0. The fraction of sp³-hybridized carbons (Fsp3) is 0.355. The van der Waals surface area contributed by atoms with Crippen molar-refractivity contribution < 1.29 is 19.0 Å². The average molecular weight is 546 g/mol. The second-order valence-corrected chi connectivity index (χ2v) is 10.6. The molecule has 2 amide bonds. The van der Waals surface area contributed by atoms with E-state index in [-0.39, 0.29) is 17.5 Å². The van der Waals surface area contributed by atoms with Crippen LogP contribution >= 0.6 is 0 Å². The standard InChI is InChI=1S/C31H39N5O4/c1-7-28(36-29(32-5)33-21-16-17-39-19-21)40-26-15-13-24(22-10-8-9-11-23(22)26)34-30(37)35-25-18-20(31(2,3)4)12-14-27(25)38-6/h7-15,18,21H,16-17,19H2,1-6H3,(H2,32,33,36)(H2,34,35,37)/b28-7+. The number of fused-ring (bicyclic) bond motifs is 1. The third kappa shape index (κ3) is 7.04. The van der Waals surface area contributed by atoms with E-state index in [4.69, 9.17) is 14.2 Å². The molecule has 1 fully saturated rings. The molecule has 40 heavy (non-hydrogen) atoms. The number of allylic oxidation sites excluding steroid dienone is 1. The molecular formula is C31H39N5O4. The molecule has 0 saturated carbocycles. The molecule has 9 heteroatoms. The van der Waals surface area contributed by atoms with E-state index in [0.29, 0.717) is 41.3 Å². The minimum Gasteiger partial charge on any atom is -0.495 e. The molecule has 0 aromatic heterocycles. The molecule has 1 heterocycles. The first-order valence-corrected chi connectivity index (χ1v) is 13.4. The molecule has 212 valence electrons. The van der Waals surface area contributed by atoms with Gasteiger partial charge in [0.15, 0.2) is 11.8 Å². The van der Waals surface area contributed by atoms with Crippen LogP contribution in [-0.2, 0) is 10.2 Å². The van der Waals surface area contributed by atoms with Gasteiger partial charge in [-0.1, -0.05) is 51.1 Å². The van der Waals surface area contributed by atoms with E-state index in [9.17, 15) is 4.79 Å². The molecule has 3 aromatic carbocycles. The van der Waals surface area contributed by atoms with Gasteiger partial charge in [-0.15, -0.1) is 0 Å². The zero-order valence-corrected chi connectivity index (χ0v) is 24.1. The highest BCUT2D eigenvalue weighted by Crippen LogP contribution is 2.34. The largest absolute Gasteiger partial charge is 0.495 e. The summed E-state index contributed by atoms with van der Waals surface area (Å²) in [5.74, 6) is 2.37. The maximum Gasteiger partial charge on any atom is 0.323 e. The number of anilines is 2. The van der Waals surface area contributed by atoms with Crippen molar-refractivity contribution in [1.82, 2.24) is 10.6 Å². The third-order valence-electron chi connectivity index (χ3n) is 6.66. The highest BCUT2D eigenvalue weighted by Gasteiger charge is 2.19. The Balaban J connectivity index is 1.51. The second kappa shape index (κ2) is 12.7. The van der Waals surface area contributed by atoms with E-state index in [1.54, 1.807) is 14.2 Å². The van der Waals surface area contributed by atoms with E-state index in [1.807, 2.05) is 67.6 Å². The highest BCUT2D eigenvalue weighted by atomic mass is 16.5. The molecule has 1 saturated heterocycles. The van der Waals surface area contributed by atoms with Gasteiger partial charge in [0.1, 0.15) is 11.5 Å². The second-order valence-electron chi connectivity index (χ2n) is 10.6. The Morgan fingerprint density at radius 3 is 2.40 bits per heavy atom. The van der Waals surface area contributed by atoms with Gasteiger partial charge in [-0.3, -0.25) is 10.3 Å². The van der Waals surface area contributed by atoms with E-state index in [0.717, 1.165) is 29.4 Å². The average Bonchev–Trinajstić information content (AvgIpc) is 3.46. The van der Waals surface area contributed by atoms with Crippen molar-refractivity contribution in [2.45, 2.75) is 45.6 Å². The van der Waals surface area contributed by atoms with Crippen molar-refractivity contribution in [3.63, 3.8) is 0 Å². The first-order chi connectivity index (χ1) is 19.2. The monoisotopic (exact) mass is 545 g/mol. The van der Waals surface area contributed by atoms with Gasteiger partial charge in [-0.25, -0.2) is 4.79 Å². The predicted octanol–water partition coefficient (Wildman–Crippen LogP) is 5.98. The number of nitrogens with zero attached hydrogens (tertiary/aromatic N) is 1. The molecule has 3 aromatic rings. The lowest BCUT2D eigenvalue weighted by atomic mass is 9.87. The van der Waals surface area contributed by atoms with Crippen LogP contribution in [0.25, 0.3) is 10.8 Å². The van der Waals surface area contributed by atoms with Crippen LogP contribution in [0.3, 0.4) is 0 Å². The van der Waals surface area contributed by atoms with Crippen molar-refractivity contribution in [1.29, 1.82) is 0 Å². The van der Waals surface area contributed by atoms with Gasteiger partial charge < -0.3 is 30.2 Å². The molecule has 0 radical (unpaired) electrons. The van der Waals surface area contributed by atoms with Crippen LogP contribution in [0.1, 0.15) is 39.7 Å². The van der Waals surface area contributed by atoms with Crippen molar-refractivity contribution in [3.8, 4) is 11.5 Å². The summed E-state index contributed by atoms with van der Waals surface area (Å²) in [7, 11) is 3.30. The molecule has 0 spiro atoms. The Hall–Kier alpha value is -4.24. The molecule has 4 N–H and O–H groups in total. The van der Waals surface area contributed by atoms with Gasteiger partial charge >= 0.3 is 6.03 Å². The Labute approximate surface area is 236 Å². The van der Waals surface area contributed by atoms with Crippen LogP contribution in [-0.4, -0.2) is 45.4 Å². The first-order valence-electron chi connectivity index (χ1n) is 13.4. The fourth-order valence-electron chi connectivity index (χ4n) is 4.41. The number of hydrogen-bond donors (Lipinski definition) is 4. The maximum atomic E-state index is 13.1. The maximum absolute atomic E-state index is 13.1. The number of guanidine groups is 1. The number of ether oxygens (including phenoxy) is 3. The summed E-state index contributed by atoms with van der Waals surface area (Å²) in [6, 6.07) is 17.1. The number of urea groups is 1. The van der Waals surface area contributed by atoms with E-state index in [2.05, 4.69) is 47.0 Å². The lowest BCUT2D eigenvalue weighted by molar-refractivity contribution is 0.192. The summed E-state index contributed by atoms with van der Waals surface area (Å²) in [6.45, 7) is 9.65. The smallest absolute Gasteiger partial charge is 0.323 e. The Kier molecular flexibility index (Phi) is 9.16. The lowest BCUT2D eigenvalue weighted by Crippen LogP contribution is -2.44. The normalized spacial score (nSPS) is 16.0. The van der Waals surface area contributed by atoms with Crippen LogP contribution in [0, 0.1) is 0 Å². The number of nitrogens with one attached hydrogen (secondary N) is 4. The van der Waals surface area contributed by atoms with Crippen LogP contribution in [0.15, 0.2) is 71.5 Å². The van der Waals surface area contributed by atoms with Gasteiger partial charge in [0.05, 0.1) is 31.1 Å². The van der Waals surface area contributed by atoms with E-state index < -0.39 is 0 Å². The Bertz CT molecular complexity index is 1400. The van der Waals surface area contributed by atoms with Crippen LogP contribution < -0.4 is 30.7 Å². The highest BCUT2D eigenvalue weighted by molar-refractivity contribution is 6.08. The summed E-state index contributed by atoms with van der Waals surface area (Å²) in [5.41, 5.74) is 2.27. The zero-order valence-electron chi connectivity index (χ0n) is 24.1. The lowest BCUT2D eigenvalue weighted by Gasteiger charge is -2.21. The van der Waals surface area contributed by atoms with Gasteiger partial charge in [0, 0.05) is 24.4 Å². The number of benzene rings is 3. The van der Waals surface area contributed by atoms with Gasteiger partial charge in [-0.05, 0) is 54.7 Å². The number of amides is 2. The molecule has 4 rings (SSSR count). The minimum atomic E-state index is -0.371. The van der Waals surface area contributed by atoms with Gasteiger partial charge in [0.25, 0.3) is 0 Å². The fourth-order valence-corrected chi connectivity index (χ4v) is 4.41. The predicted molar refractivity (Wildman–Crippen MR) is 162 cm³/mol. The molecule has 1 unspecified atom stereocenters. The first kappa shape index (κ1) is 28.8. The number of rotatable bonds is 7. The number of methoxy groups -OCH3 is 1. The van der Waals surface area contributed by atoms with Crippen LogP contribution in [0.4, 0.5) is 16.2 Å². The van der Waals surface area contributed by atoms with Crippen molar-refractivity contribution in [2.75, 3.05) is 38.0 Å². The summed E-state index contributed by atoms with van der Waals surface area (Å²) in [5, 5.41) is 14.2. The van der Waals surface area contributed by atoms with Gasteiger partial charge in [0.2, 0.25) is 0 Å². The number of carbonyl (C=O) groups is 1. The quantitative estimate of drug-likeness (QED) is 0.165. The SMILES string of the molecule is C/C=C(\NC(=NC)NC1CCOC1)Oc1ccc(NC(=O)Nc2cc(C(C)(C)C)ccc2OC)c2ccccc12. The number of hydrogen-bond acceptors (Lipinski definition) is 5. The molecule has 0 bridgehead atoms. The van der Waals surface area contributed by atoms with Crippen molar-refractivity contribution in [2.24, 2.45) is 4.99 Å². The summed E-state index contributed by atoms with van der Waals surface area (Å²) in [4.78, 5) is 17.4. The van der Waals surface area contributed by atoms with E-state index >= 15 is 0 Å². The van der Waals surface area contributed by atoms with E-state index in [1.165, 1.54) is 0 Å². The number of carbonyl (C=O) groups excluding carboxylic acids is 1. The Morgan fingerprint density at radius 2 is 1.75 bits per heavy atom. The summed E-state index contributed by atoms with van der Waals surface area (Å²) in [6.07, 6.45) is 2.76. The molecule has 1 aliphatic heterocycles. The topological polar surface area (TPSA) is 105 Å². The molecular weight excluding hydrogens is 506 g/mol. The molecule has 9 nitrogen and oxygen atoms in total. The molecule has 0 aliphatic carbocycles. The third-order valence-corrected chi connectivity index (χ3v) is 6.66. The molecule has 1 aliphatic rings. The number of aliphatic imine (C=N–C) groups is 1. The molecule has 1 atom stereocenters. The minimum absolute atomic E-state index is 0.0728. The van der Waals surface area contributed by atoms with Crippen molar-refractivity contribution in [3.05, 3.63) is 72.1 Å².